The number of likely N-dealkylation sites (N-methyl/N-ethyl adjacent to an activating group) is 1. The van der Waals surface area contributed by atoms with Crippen LogP contribution in [0.3, 0.4) is 0 Å². The van der Waals surface area contributed by atoms with Crippen molar-refractivity contribution in [3.63, 3.8) is 0 Å². The first-order valence-electron chi connectivity index (χ1n) is 7.71. The minimum Gasteiger partial charge on any atom is -0.508 e. The van der Waals surface area contributed by atoms with Crippen LogP contribution in [0.15, 0.2) is 48.5 Å². The zero-order chi connectivity index (χ0) is 17.5. The second kappa shape index (κ2) is 8.14. The molecule has 5 heteroatoms. The molecule has 2 rings (SSSR count). The van der Waals surface area contributed by atoms with Crippen molar-refractivity contribution >= 4 is 5.91 Å². The fourth-order valence-electron chi connectivity index (χ4n) is 2.35. The molecule has 0 aromatic heterocycles. The summed E-state index contributed by atoms with van der Waals surface area (Å²) >= 11 is 0. The smallest absolute Gasteiger partial charge is 0.254 e. The average molecular weight is 323 g/mol. The fourth-order valence-corrected chi connectivity index (χ4v) is 2.35. The molecule has 0 aliphatic heterocycles. The third-order valence-corrected chi connectivity index (χ3v) is 3.63. The van der Waals surface area contributed by atoms with E-state index in [9.17, 15) is 9.90 Å². The third kappa shape index (κ3) is 4.83. The Bertz CT molecular complexity index is 750. The van der Waals surface area contributed by atoms with Gasteiger partial charge in [0, 0.05) is 25.2 Å². The molecular weight excluding hydrogens is 302 g/mol. The molecule has 0 heterocycles. The van der Waals surface area contributed by atoms with Crippen LogP contribution in [-0.2, 0) is 6.54 Å². The van der Waals surface area contributed by atoms with Crippen LogP contribution >= 0.6 is 0 Å². The van der Waals surface area contributed by atoms with E-state index >= 15 is 0 Å². The third-order valence-electron chi connectivity index (χ3n) is 3.63. The Morgan fingerprint density at radius 1 is 1.12 bits per heavy atom. The van der Waals surface area contributed by atoms with Crippen molar-refractivity contribution in [3.05, 3.63) is 65.2 Å². The molecule has 5 nitrogen and oxygen atoms in total. The summed E-state index contributed by atoms with van der Waals surface area (Å²) in [5.74, 6) is -0.0741. The molecule has 0 aliphatic carbocycles. The van der Waals surface area contributed by atoms with Crippen LogP contribution in [0.25, 0.3) is 0 Å². The quantitative estimate of drug-likeness (QED) is 0.887. The lowest BCUT2D eigenvalue weighted by Crippen LogP contribution is -2.36. The maximum Gasteiger partial charge on any atom is 0.254 e. The summed E-state index contributed by atoms with van der Waals surface area (Å²) in [5, 5.41) is 18.6. The zero-order valence-corrected chi connectivity index (χ0v) is 13.9. The lowest BCUT2D eigenvalue weighted by molar-refractivity contribution is 0.0731. The summed E-state index contributed by atoms with van der Waals surface area (Å²) < 4.78 is 0. The second-order valence-corrected chi connectivity index (χ2v) is 5.89. The first-order chi connectivity index (χ1) is 11.5. The summed E-state index contributed by atoms with van der Waals surface area (Å²) in [6.07, 6.45) is 0. The Hall–Kier alpha value is -2.84. The van der Waals surface area contributed by atoms with E-state index in [0.29, 0.717) is 24.2 Å². The Morgan fingerprint density at radius 3 is 2.54 bits per heavy atom. The number of aromatic hydroxyl groups is 1. The SMILES string of the molecule is CN(C)CCN(Cc1cccc(C#N)c1)C(=O)c1cccc(O)c1. The van der Waals surface area contributed by atoms with E-state index in [1.165, 1.54) is 12.1 Å². The summed E-state index contributed by atoms with van der Waals surface area (Å²) in [7, 11) is 3.90. The maximum absolute atomic E-state index is 12.8. The first-order valence-corrected chi connectivity index (χ1v) is 7.71. The Balaban J connectivity index is 2.23. The van der Waals surface area contributed by atoms with Crippen LogP contribution in [0.4, 0.5) is 0 Å². The Morgan fingerprint density at radius 2 is 1.88 bits per heavy atom. The van der Waals surface area contributed by atoms with Gasteiger partial charge in [0.25, 0.3) is 5.91 Å². The minimum absolute atomic E-state index is 0.0693. The predicted octanol–water partition coefficient (Wildman–Crippen LogP) is 2.47. The highest BCUT2D eigenvalue weighted by molar-refractivity contribution is 5.94. The molecule has 2 aromatic carbocycles. The van der Waals surface area contributed by atoms with Gasteiger partial charge in [-0.05, 0) is 50.0 Å². The van der Waals surface area contributed by atoms with Crippen molar-refractivity contribution in [1.29, 1.82) is 5.26 Å². The topological polar surface area (TPSA) is 67.6 Å². The number of nitriles is 1. The summed E-state index contributed by atoms with van der Waals surface area (Å²) in [6.45, 7) is 1.69. The summed E-state index contributed by atoms with van der Waals surface area (Å²) in [4.78, 5) is 16.5. The lowest BCUT2D eigenvalue weighted by atomic mass is 10.1. The highest BCUT2D eigenvalue weighted by Crippen LogP contribution is 2.15. The van der Waals surface area contributed by atoms with Gasteiger partial charge >= 0.3 is 0 Å². The molecule has 124 valence electrons. The Kier molecular flexibility index (Phi) is 5.94. The van der Waals surface area contributed by atoms with E-state index in [2.05, 4.69) is 6.07 Å². The molecule has 0 radical (unpaired) electrons. The normalized spacial score (nSPS) is 10.4. The average Bonchev–Trinajstić information content (AvgIpc) is 2.58. The van der Waals surface area contributed by atoms with E-state index in [0.717, 1.165) is 12.1 Å². The molecule has 0 aliphatic rings. The second-order valence-electron chi connectivity index (χ2n) is 5.89. The number of nitrogens with zero attached hydrogens (tertiary/aromatic N) is 3. The van der Waals surface area contributed by atoms with E-state index in [-0.39, 0.29) is 11.7 Å². The highest BCUT2D eigenvalue weighted by Gasteiger charge is 2.17. The molecule has 1 amide bonds. The van der Waals surface area contributed by atoms with Gasteiger partial charge in [0.2, 0.25) is 0 Å². The summed E-state index contributed by atoms with van der Waals surface area (Å²) in [5.41, 5.74) is 1.93. The van der Waals surface area contributed by atoms with Gasteiger partial charge in [-0.2, -0.15) is 5.26 Å². The van der Waals surface area contributed by atoms with Crippen LogP contribution < -0.4 is 0 Å². The number of carbonyl (C=O) groups excluding carboxylic acids is 1. The van der Waals surface area contributed by atoms with Crippen molar-refractivity contribution in [2.24, 2.45) is 0 Å². The fraction of sp³-hybridized carbons (Fsp3) is 0.263. The lowest BCUT2D eigenvalue weighted by Gasteiger charge is -2.25. The van der Waals surface area contributed by atoms with Crippen LogP contribution in [-0.4, -0.2) is 48.0 Å². The Labute approximate surface area is 142 Å². The molecule has 0 bridgehead atoms. The van der Waals surface area contributed by atoms with Gasteiger partial charge in [0.05, 0.1) is 11.6 Å². The van der Waals surface area contributed by atoms with Gasteiger partial charge in [0.15, 0.2) is 0 Å². The largest absolute Gasteiger partial charge is 0.508 e. The van der Waals surface area contributed by atoms with Gasteiger partial charge in [-0.25, -0.2) is 0 Å². The van der Waals surface area contributed by atoms with Crippen LogP contribution in [0.5, 0.6) is 5.75 Å². The number of amides is 1. The molecular formula is C19H21N3O2. The van der Waals surface area contributed by atoms with Crippen molar-refractivity contribution in [2.75, 3.05) is 27.2 Å². The number of benzene rings is 2. The van der Waals surface area contributed by atoms with E-state index in [1.807, 2.05) is 31.1 Å². The van der Waals surface area contributed by atoms with Gasteiger partial charge in [-0.15, -0.1) is 0 Å². The van der Waals surface area contributed by atoms with E-state index < -0.39 is 0 Å². The molecule has 1 N–H and O–H groups in total. The predicted molar refractivity (Wildman–Crippen MR) is 92.6 cm³/mol. The first kappa shape index (κ1) is 17.5. The molecule has 24 heavy (non-hydrogen) atoms. The standard InChI is InChI=1S/C19H21N3O2/c1-21(2)9-10-22(14-16-6-3-5-15(11-16)13-20)19(24)17-7-4-8-18(23)12-17/h3-8,11-12,23H,9-10,14H2,1-2H3. The number of hydrogen-bond acceptors (Lipinski definition) is 4. The number of phenolic OH excluding ortho intramolecular Hbond substituents is 1. The van der Waals surface area contributed by atoms with Crippen LogP contribution in [0.1, 0.15) is 21.5 Å². The number of hydrogen-bond donors (Lipinski definition) is 1. The van der Waals surface area contributed by atoms with Crippen molar-refractivity contribution in [3.8, 4) is 11.8 Å². The van der Waals surface area contributed by atoms with E-state index in [4.69, 9.17) is 5.26 Å². The number of carbonyl (C=O) groups is 1. The van der Waals surface area contributed by atoms with Gasteiger partial charge < -0.3 is 14.9 Å². The van der Waals surface area contributed by atoms with Gasteiger partial charge in [-0.1, -0.05) is 18.2 Å². The van der Waals surface area contributed by atoms with Gasteiger partial charge in [-0.3, -0.25) is 4.79 Å². The van der Waals surface area contributed by atoms with E-state index in [1.54, 1.807) is 29.2 Å². The van der Waals surface area contributed by atoms with Crippen LogP contribution in [0, 0.1) is 11.3 Å². The van der Waals surface area contributed by atoms with Crippen molar-refractivity contribution in [1.82, 2.24) is 9.80 Å². The molecule has 2 aromatic rings. The molecule has 0 spiro atoms. The monoisotopic (exact) mass is 323 g/mol. The number of phenols is 1. The zero-order valence-electron chi connectivity index (χ0n) is 13.9. The van der Waals surface area contributed by atoms with Crippen LogP contribution in [0.2, 0.25) is 0 Å². The summed E-state index contributed by atoms with van der Waals surface area (Å²) in [6, 6.07) is 15.7. The molecule has 0 saturated heterocycles. The van der Waals surface area contributed by atoms with Gasteiger partial charge in [0.1, 0.15) is 5.75 Å². The maximum atomic E-state index is 12.8. The molecule has 0 saturated carbocycles. The highest BCUT2D eigenvalue weighted by atomic mass is 16.3. The molecule has 0 atom stereocenters. The molecule has 0 unspecified atom stereocenters. The van der Waals surface area contributed by atoms with Crippen molar-refractivity contribution in [2.45, 2.75) is 6.54 Å². The number of rotatable bonds is 6. The minimum atomic E-state index is -0.143. The van der Waals surface area contributed by atoms with Crippen molar-refractivity contribution < 1.29 is 9.90 Å². The molecule has 0 fully saturated rings.